The monoisotopic (exact) mass is 470 g/mol. The molecule has 3 aromatic rings. The number of aromatic hydroxyl groups is 1. The van der Waals surface area contributed by atoms with E-state index in [1.165, 1.54) is 16.7 Å². The number of ether oxygens (including phenoxy) is 1. The van der Waals surface area contributed by atoms with E-state index in [1.54, 1.807) is 12.1 Å². The van der Waals surface area contributed by atoms with Crippen molar-refractivity contribution in [3.8, 4) is 11.5 Å². The molecular formula is C31H34O4. The van der Waals surface area contributed by atoms with Gasteiger partial charge in [-0.2, -0.15) is 0 Å². The standard InChI is InChI=1S/C19H20O2.C12H14O2/c20-18-10-6-16(7-11-18)17-8-12-19(13-9-17)21-14-15-4-2-1-3-5-15;13-11-5-1-9(2-6-11)10-3-7-12(14)8-4-10/h1-5,8-9,12-13,16H,6-7,10-11,14H2;1-2,5-6,10,13H,3-4,7-8H2. The van der Waals surface area contributed by atoms with Crippen LogP contribution in [-0.2, 0) is 16.2 Å². The predicted octanol–water partition coefficient (Wildman–Crippen LogP) is 7.11. The predicted molar refractivity (Wildman–Crippen MR) is 138 cm³/mol. The molecule has 4 heteroatoms. The molecule has 2 aliphatic carbocycles. The third kappa shape index (κ3) is 7.54. The van der Waals surface area contributed by atoms with Crippen molar-refractivity contribution in [1.82, 2.24) is 0 Å². The molecule has 1 N–H and O–H groups in total. The van der Waals surface area contributed by atoms with Gasteiger partial charge in [0.2, 0.25) is 0 Å². The Bertz CT molecular complexity index is 1070. The van der Waals surface area contributed by atoms with Gasteiger partial charge in [-0.25, -0.2) is 0 Å². The lowest BCUT2D eigenvalue weighted by Crippen LogP contribution is -2.12. The molecule has 0 saturated heterocycles. The molecule has 2 fully saturated rings. The quantitative estimate of drug-likeness (QED) is 0.431. The van der Waals surface area contributed by atoms with Crippen LogP contribution in [0.25, 0.3) is 0 Å². The van der Waals surface area contributed by atoms with E-state index in [0.29, 0.717) is 48.6 Å². The number of ketones is 2. The van der Waals surface area contributed by atoms with E-state index in [2.05, 4.69) is 24.3 Å². The van der Waals surface area contributed by atoms with Crippen molar-refractivity contribution in [2.45, 2.75) is 69.8 Å². The molecule has 0 unspecified atom stereocenters. The van der Waals surface area contributed by atoms with Crippen LogP contribution < -0.4 is 4.74 Å². The SMILES string of the molecule is O=C1CCC(c2ccc(O)cc2)CC1.O=C1CCC(c2ccc(OCc3ccccc3)cc2)CC1. The third-order valence-electron chi connectivity index (χ3n) is 7.05. The van der Waals surface area contributed by atoms with E-state index >= 15 is 0 Å². The lowest BCUT2D eigenvalue weighted by atomic mass is 9.83. The summed E-state index contributed by atoms with van der Waals surface area (Å²) >= 11 is 0. The van der Waals surface area contributed by atoms with Crippen LogP contribution in [0.1, 0.15) is 79.9 Å². The minimum atomic E-state index is 0.306. The summed E-state index contributed by atoms with van der Waals surface area (Å²) < 4.78 is 5.80. The van der Waals surface area contributed by atoms with E-state index in [9.17, 15) is 9.59 Å². The van der Waals surface area contributed by atoms with E-state index in [-0.39, 0.29) is 0 Å². The molecule has 0 heterocycles. The zero-order valence-electron chi connectivity index (χ0n) is 20.2. The molecule has 5 rings (SSSR count). The van der Waals surface area contributed by atoms with Crippen LogP contribution in [0.3, 0.4) is 0 Å². The van der Waals surface area contributed by atoms with Crippen LogP contribution in [0, 0.1) is 0 Å². The average molecular weight is 471 g/mol. The van der Waals surface area contributed by atoms with Gasteiger partial charge >= 0.3 is 0 Å². The van der Waals surface area contributed by atoms with Crippen molar-refractivity contribution >= 4 is 11.6 Å². The molecule has 2 saturated carbocycles. The fourth-order valence-electron chi connectivity index (χ4n) is 4.87. The molecule has 4 nitrogen and oxygen atoms in total. The van der Waals surface area contributed by atoms with Crippen molar-refractivity contribution in [3.63, 3.8) is 0 Å². The molecule has 0 aliphatic heterocycles. The number of Topliss-reactive ketones (excluding diaryl/α,β-unsaturated/α-hetero) is 2. The highest BCUT2D eigenvalue weighted by Crippen LogP contribution is 2.33. The Hall–Kier alpha value is -3.40. The molecule has 3 aromatic carbocycles. The maximum Gasteiger partial charge on any atom is 0.132 e. The van der Waals surface area contributed by atoms with E-state index in [0.717, 1.165) is 44.3 Å². The first-order valence-corrected chi connectivity index (χ1v) is 12.7. The summed E-state index contributed by atoms with van der Waals surface area (Å²) in [4.78, 5) is 22.3. The van der Waals surface area contributed by atoms with Gasteiger partial charge in [0.15, 0.2) is 0 Å². The van der Waals surface area contributed by atoms with E-state index < -0.39 is 0 Å². The minimum Gasteiger partial charge on any atom is -0.508 e. The number of phenolic OH excluding ortho intramolecular Hbond substituents is 1. The summed E-state index contributed by atoms with van der Waals surface area (Å²) in [5, 5.41) is 9.14. The number of hydrogen-bond donors (Lipinski definition) is 1. The summed E-state index contributed by atoms with van der Waals surface area (Å²) in [6.45, 7) is 0.595. The Morgan fingerprint density at radius 1 is 0.629 bits per heavy atom. The zero-order chi connectivity index (χ0) is 24.5. The normalized spacial score (nSPS) is 16.9. The topological polar surface area (TPSA) is 63.6 Å². The lowest BCUT2D eigenvalue weighted by Gasteiger charge is -2.21. The number of rotatable bonds is 5. The second-order valence-electron chi connectivity index (χ2n) is 9.56. The van der Waals surface area contributed by atoms with Crippen molar-refractivity contribution < 1.29 is 19.4 Å². The van der Waals surface area contributed by atoms with Gasteiger partial charge in [-0.15, -0.1) is 0 Å². The number of carbonyl (C=O) groups is 2. The molecule has 0 bridgehead atoms. The Labute approximate surface area is 208 Å². The van der Waals surface area contributed by atoms with Gasteiger partial charge in [-0.1, -0.05) is 54.6 Å². The first-order valence-electron chi connectivity index (χ1n) is 12.7. The maximum atomic E-state index is 11.3. The molecule has 0 aromatic heterocycles. The number of carbonyl (C=O) groups excluding carboxylic acids is 2. The van der Waals surface area contributed by atoms with Gasteiger partial charge in [-0.05, 0) is 78.5 Å². The van der Waals surface area contributed by atoms with Crippen LogP contribution in [0.4, 0.5) is 0 Å². The Morgan fingerprint density at radius 3 is 1.57 bits per heavy atom. The Kier molecular flexibility index (Phi) is 8.72. The second-order valence-corrected chi connectivity index (χ2v) is 9.56. The number of benzene rings is 3. The number of hydrogen-bond acceptors (Lipinski definition) is 4. The minimum absolute atomic E-state index is 0.306. The molecule has 35 heavy (non-hydrogen) atoms. The van der Waals surface area contributed by atoms with Crippen LogP contribution >= 0.6 is 0 Å². The molecule has 0 atom stereocenters. The largest absolute Gasteiger partial charge is 0.508 e. The fraction of sp³-hybridized carbons (Fsp3) is 0.355. The Morgan fingerprint density at radius 2 is 1.09 bits per heavy atom. The van der Waals surface area contributed by atoms with Crippen LogP contribution in [0.2, 0.25) is 0 Å². The second kappa shape index (κ2) is 12.3. The Balaban J connectivity index is 0.000000179. The van der Waals surface area contributed by atoms with E-state index in [1.807, 2.05) is 42.5 Å². The maximum absolute atomic E-state index is 11.3. The summed E-state index contributed by atoms with van der Waals surface area (Å²) in [5.41, 5.74) is 3.75. The summed E-state index contributed by atoms with van der Waals surface area (Å²) in [6.07, 6.45) is 6.80. The van der Waals surface area contributed by atoms with Gasteiger partial charge in [0, 0.05) is 25.7 Å². The van der Waals surface area contributed by atoms with Crippen LogP contribution in [0.15, 0.2) is 78.9 Å². The van der Waals surface area contributed by atoms with Crippen LogP contribution in [-0.4, -0.2) is 16.7 Å². The van der Waals surface area contributed by atoms with Gasteiger partial charge in [-0.3, -0.25) is 9.59 Å². The van der Waals surface area contributed by atoms with Gasteiger partial charge in [0.05, 0.1) is 0 Å². The third-order valence-corrected chi connectivity index (χ3v) is 7.05. The van der Waals surface area contributed by atoms with Crippen molar-refractivity contribution in [2.75, 3.05) is 0 Å². The summed E-state index contributed by atoms with van der Waals surface area (Å²) in [6, 6.07) is 25.9. The lowest BCUT2D eigenvalue weighted by molar-refractivity contribution is -0.121. The van der Waals surface area contributed by atoms with Crippen molar-refractivity contribution in [1.29, 1.82) is 0 Å². The molecule has 0 amide bonds. The molecule has 182 valence electrons. The van der Waals surface area contributed by atoms with Crippen LogP contribution in [0.5, 0.6) is 11.5 Å². The van der Waals surface area contributed by atoms with Gasteiger partial charge < -0.3 is 9.84 Å². The molecule has 2 aliphatic rings. The van der Waals surface area contributed by atoms with Crippen molar-refractivity contribution in [2.24, 2.45) is 0 Å². The van der Waals surface area contributed by atoms with E-state index in [4.69, 9.17) is 9.84 Å². The first kappa shape index (κ1) is 24.7. The highest BCUT2D eigenvalue weighted by Gasteiger charge is 2.20. The molecule has 0 spiro atoms. The fourth-order valence-corrected chi connectivity index (χ4v) is 4.87. The van der Waals surface area contributed by atoms with Gasteiger partial charge in [0.1, 0.15) is 29.7 Å². The average Bonchev–Trinajstić information content (AvgIpc) is 2.90. The smallest absolute Gasteiger partial charge is 0.132 e. The summed E-state index contributed by atoms with van der Waals surface area (Å²) in [7, 11) is 0. The highest BCUT2D eigenvalue weighted by atomic mass is 16.5. The van der Waals surface area contributed by atoms with Gasteiger partial charge in [0.25, 0.3) is 0 Å². The summed E-state index contributed by atoms with van der Waals surface area (Å²) in [5.74, 6) is 3.04. The zero-order valence-corrected chi connectivity index (χ0v) is 20.2. The van der Waals surface area contributed by atoms with Crippen molar-refractivity contribution in [3.05, 3.63) is 95.6 Å². The number of phenols is 1. The molecule has 0 radical (unpaired) electrons. The highest BCUT2D eigenvalue weighted by molar-refractivity contribution is 5.79. The first-order chi connectivity index (χ1) is 17.1. The molecular weight excluding hydrogens is 436 g/mol.